The summed E-state index contributed by atoms with van der Waals surface area (Å²) >= 11 is 0. The summed E-state index contributed by atoms with van der Waals surface area (Å²) in [4.78, 5) is 4.94. The van der Waals surface area contributed by atoms with Crippen LogP contribution in [0.15, 0.2) is 0 Å². The minimum Gasteiger partial charge on any atom is -0.358 e. The van der Waals surface area contributed by atoms with Crippen molar-refractivity contribution in [2.45, 2.75) is 46.1 Å². The molecule has 2 rings (SSSR count). The molecule has 0 spiro atoms. The van der Waals surface area contributed by atoms with E-state index in [2.05, 4.69) is 30.6 Å². The zero-order chi connectivity index (χ0) is 11.8. The smallest absolute Gasteiger partial charge is 0.101 e. The first-order chi connectivity index (χ1) is 7.48. The second kappa shape index (κ2) is 4.36. The monoisotopic (exact) mass is 223 g/mol. The highest BCUT2D eigenvalue weighted by Gasteiger charge is 2.32. The number of hydrogen-bond acceptors (Lipinski definition) is 2. The van der Waals surface area contributed by atoms with E-state index in [1.54, 1.807) is 0 Å². The zero-order valence-corrected chi connectivity index (χ0v) is 10.9. The molecular weight excluding hydrogens is 198 g/mol. The van der Waals surface area contributed by atoms with Crippen molar-refractivity contribution in [3.05, 3.63) is 0 Å². The molecule has 92 valence electrons. The first kappa shape index (κ1) is 11.9. The Bertz CT molecular complexity index is 267. The van der Waals surface area contributed by atoms with Gasteiger partial charge in [-0.25, -0.2) is 0 Å². The highest BCUT2D eigenvalue weighted by molar-refractivity contribution is 5.84. The van der Waals surface area contributed by atoms with Crippen LogP contribution in [0.1, 0.15) is 40.0 Å². The summed E-state index contributed by atoms with van der Waals surface area (Å²) in [6.45, 7) is 11.1. The van der Waals surface area contributed by atoms with Crippen molar-refractivity contribution < 1.29 is 0 Å². The van der Waals surface area contributed by atoms with Crippen molar-refractivity contribution >= 4 is 5.84 Å². The van der Waals surface area contributed by atoms with Gasteiger partial charge in [-0.1, -0.05) is 20.8 Å². The Morgan fingerprint density at radius 2 is 1.81 bits per heavy atom. The summed E-state index contributed by atoms with van der Waals surface area (Å²) in [5, 5.41) is 8.29. The molecule has 0 amide bonds. The fraction of sp³-hybridized carbons (Fsp3) is 0.923. The number of nitrogens with one attached hydrogen (secondary N) is 1. The largest absolute Gasteiger partial charge is 0.358 e. The minimum atomic E-state index is -0.00618. The van der Waals surface area contributed by atoms with Gasteiger partial charge in [0, 0.05) is 31.1 Å². The lowest BCUT2D eigenvalue weighted by molar-refractivity contribution is 0.251. The van der Waals surface area contributed by atoms with E-state index in [4.69, 9.17) is 5.41 Å². The highest BCUT2D eigenvalue weighted by Crippen LogP contribution is 2.25. The van der Waals surface area contributed by atoms with Gasteiger partial charge in [-0.15, -0.1) is 0 Å². The Hall–Kier alpha value is -0.570. The summed E-state index contributed by atoms with van der Waals surface area (Å²) in [6.07, 6.45) is 3.89. The molecule has 2 aliphatic heterocycles. The van der Waals surface area contributed by atoms with Crippen LogP contribution in [-0.4, -0.2) is 47.9 Å². The van der Waals surface area contributed by atoms with Crippen LogP contribution >= 0.6 is 0 Å². The van der Waals surface area contributed by atoms with Crippen molar-refractivity contribution in [3.8, 4) is 0 Å². The summed E-state index contributed by atoms with van der Waals surface area (Å²) in [7, 11) is 0. The predicted molar refractivity (Wildman–Crippen MR) is 68.0 cm³/mol. The zero-order valence-electron chi connectivity index (χ0n) is 10.9. The van der Waals surface area contributed by atoms with Crippen LogP contribution in [0.5, 0.6) is 0 Å². The molecule has 1 unspecified atom stereocenters. The molecule has 0 radical (unpaired) electrons. The number of rotatable bonds is 0. The number of amidine groups is 1. The molecule has 3 heteroatoms. The van der Waals surface area contributed by atoms with E-state index in [0.717, 1.165) is 18.9 Å². The third-order valence-corrected chi connectivity index (χ3v) is 3.83. The van der Waals surface area contributed by atoms with Crippen LogP contribution in [0.2, 0.25) is 0 Å². The van der Waals surface area contributed by atoms with E-state index < -0.39 is 0 Å². The first-order valence-electron chi connectivity index (χ1n) is 6.56. The SMILES string of the molecule is CC(C)(C)C(=N)N1CCCN2CCCC2C1. The number of nitrogens with zero attached hydrogens (tertiary/aromatic N) is 2. The Labute approximate surface area is 99.3 Å². The molecule has 0 aromatic heterocycles. The van der Waals surface area contributed by atoms with Gasteiger partial charge in [0.25, 0.3) is 0 Å². The Morgan fingerprint density at radius 1 is 1.12 bits per heavy atom. The molecule has 1 N–H and O–H groups in total. The molecule has 0 saturated carbocycles. The third kappa shape index (κ3) is 2.40. The lowest BCUT2D eigenvalue weighted by Crippen LogP contribution is -2.43. The summed E-state index contributed by atoms with van der Waals surface area (Å²) in [5.41, 5.74) is -0.00618. The fourth-order valence-electron chi connectivity index (χ4n) is 2.88. The predicted octanol–water partition coefficient (Wildman–Crippen LogP) is 2.18. The normalized spacial score (nSPS) is 27.7. The van der Waals surface area contributed by atoms with Crippen LogP contribution < -0.4 is 0 Å². The van der Waals surface area contributed by atoms with Crippen molar-refractivity contribution in [1.82, 2.24) is 9.80 Å². The van der Waals surface area contributed by atoms with Crippen molar-refractivity contribution in [1.29, 1.82) is 5.41 Å². The second-order valence-electron chi connectivity index (χ2n) is 6.23. The van der Waals surface area contributed by atoms with E-state index in [0.29, 0.717) is 6.04 Å². The topological polar surface area (TPSA) is 30.3 Å². The maximum Gasteiger partial charge on any atom is 0.101 e. The molecular formula is C13H25N3. The number of hydrogen-bond donors (Lipinski definition) is 1. The number of fused-ring (bicyclic) bond motifs is 1. The van der Waals surface area contributed by atoms with Crippen LogP contribution in [0.25, 0.3) is 0 Å². The van der Waals surface area contributed by atoms with Crippen LogP contribution in [-0.2, 0) is 0 Å². The molecule has 3 nitrogen and oxygen atoms in total. The molecule has 2 fully saturated rings. The summed E-state index contributed by atoms with van der Waals surface area (Å²) in [6, 6.07) is 0.713. The van der Waals surface area contributed by atoms with Crippen molar-refractivity contribution in [2.24, 2.45) is 5.41 Å². The molecule has 2 saturated heterocycles. The van der Waals surface area contributed by atoms with E-state index in [-0.39, 0.29) is 5.41 Å². The maximum atomic E-state index is 8.29. The summed E-state index contributed by atoms with van der Waals surface area (Å²) < 4.78 is 0. The average Bonchev–Trinajstić information content (AvgIpc) is 2.53. The van der Waals surface area contributed by atoms with Gasteiger partial charge in [0.15, 0.2) is 0 Å². The lowest BCUT2D eigenvalue weighted by atomic mass is 9.93. The van der Waals surface area contributed by atoms with Gasteiger partial charge in [0.05, 0.1) is 0 Å². The van der Waals surface area contributed by atoms with E-state index in [9.17, 15) is 0 Å². The molecule has 0 bridgehead atoms. The average molecular weight is 223 g/mol. The molecule has 0 aliphatic carbocycles. The van der Waals surface area contributed by atoms with Crippen LogP contribution in [0.4, 0.5) is 0 Å². The molecule has 2 aliphatic rings. The highest BCUT2D eigenvalue weighted by atomic mass is 15.3. The Kier molecular flexibility index (Phi) is 3.24. The third-order valence-electron chi connectivity index (χ3n) is 3.83. The fourth-order valence-corrected chi connectivity index (χ4v) is 2.88. The molecule has 0 aromatic rings. The first-order valence-corrected chi connectivity index (χ1v) is 6.56. The van der Waals surface area contributed by atoms with Crippen LogP contribution in [0.3, 0.4) is 0 Å². The van der Waals surface area contributed by atoms with Gasteiger partial charge in [0.1, 0.15) is 5.84 Å². The quantitative estimate of drug-likeness (QED) is 0.504. The van der Waals surface area contributed by atoms with Crippen LogP contribution in [0, 0.1) is 10.8 Å². The molecule has 1 atom stereocenters. The maximum absolute atomic E-state index is 8.29. The van der Waals surface area contributed by atoms with E-state index in [1.807, 2.05) is 0 Å². The minimum absolute atomic E-state index is 0.00618. The van der Waals surface area contributed by atoms with Crippen molar-refractivity contribution in [3.63, 3.8) is 0 Å². The standard InChI is InChI=1S/C13H25N3/c1-13(2,3)12(14)16-9-5-8-15-7-4-6-11(15)10-16/h11,14H,4-10H2,1-3H3. The second-order valence-corrected chi connectivity index (χ2v) is 6.23. The molecule has 0 aromatic carbocycles. The van der Waals surface area contributed by atoms with Crippen molar-refractivity contribution in [2.75, 3.05) is 26.2 Å². The van der Waals surface area contributed by atoms with E-state index in [1.165, 1.54) is 32.4 Å². The molecule has 2 heterocycles. The Balaban J connectivity index is 2.03. The van der Waals surface area contributed by atoms with Gasteiger partial charge in [-0.05, 0) is 25.8 Å². The molecule has 16 heavy (non-hydrogen) atoms. The van der Waals surface area contributed by atoms with E-state index >= 15 is 0 Å². The van der Waals surface area contributed by atoms with Gasteiger partial charge in [-0.3, -0.25) is 10.3 Å². The van der Waals surface area contributed by atoms with Gasteiger partial charge < -0.3 is 4.90 Å². The van der Waals surface area contributed by atoms with Gasteiger partial charge in [-0.2, -0.15) is 0 Å². The lowest BCUT2D eigenvalue weighted by Gasteiger charge is -2.33. The summed E-state index contributed by atoms with van der Waals surface area (Å²) in [5.74, 6) is 0.821. The van der Waals surface area contributed by atoms with Gasteiger partial charge >= 0.3 is 0 Å². The Morgan fingerprint density at radius 3 is 2.50 bits per heavy atom. The van der Waals surface area contributed by atoms with Gasteiger partial charge in [0.2, 0.25) is 0 Å².